The molecule has 0 aliphatic heterocycles. The van der Waals surface area contributed by atoms with Crippen molar-refractivity contribution in [3.8, 4) is 0 Å². The number of hydrogen-bond acceptors (Lipinski definition) is 4. The van der Waals surface area contributed by atoms with Crippen LogP contribution in [0.25, 0.3) is 0 Å². The van der Waals surface area contributed by atoms with Gasteiger partial charge in [0.15, 0.2) is 0 Å². The molecular weight excluding hydrogens is 168 g/mol. The monoisotopic (exact) mass is 176 g/mol. The molecule has 0 amide bonds. The SMILES string of the molecule is COC(C)(C)c1noc(Cl)n1. The number of methoxy groups -OCH3 is 1. The number of ether oxygens (including phenoxy) is 1. The van der Waals surface area contributed by atoms with Gasteiger partial charge < -0.3 is 9.26 Å². The largest absolute Gasteiger partial charge is 0.371 e. The lowest BCUT2D eigenvalue weighted by Crippen LogP contribution is -2.21. The first kappa shape index (κ1) is 8.49. The van der Waals surface area contributed by atoms with E-state index in [0.29, 0.717) is 5.82 Å². The van der Waals surface area contributed by atoms with Crippen molar-refractivity contribution in [2.45, 2.75) is 19.4 Å². The lowest BCUT2D eigenvalue weighted by Gasteiger charge is -2.17. The van der Waals surface area contributed by atoms with Crippen LogP contribution in [-0.4, -0.2) is 17.3 Å². The molecule has 1 heterocycles. The zero-order chi connectivity index (χ0) is 8.48. The summed E-state index contributed by atoms with van der Waals surface area (Å²) in [6.45, 7) is 3.66. The Labute approximate surface area is 69.5 Å². The number of hydrogen-bond donors (Lipinski definition) is 0. The molecule has 0 aliphatic carbocycles. The Hall–Kier alpha value is -0.610. The Kier molecular flexibility index (Phi) is 2.15. The minimum Gasteiger partial charge on any atom is -0.371 e. The second kappa shape index (κ2) is 2.79. The van der Waals surface area contributed by atoms with Crippen molar-refractivity contribution >= 4 is 11.6 Å². The molecule has 0 aliphatic rings. The highest BCUT2D eigenvalue weighted by molar-refractivity contribution is 6.27. The summed E-state index contributed by atoms with van der Waals surface area (Å²) < 4.78 is 9.67. The third-order valence-corrected chi connectivity index (χ3v) is 1.60. The number of aromatic nitrogens is 2. The molecule has 0 fully saturated rings. The molecule has 0 spiro atoms. The molecule has 0 unspecified atom stereocenters. The van der Waals surface area contributed by atoms with Gasteiger partial charge in [-0.2, -0.15) is 4.98 Å². The molecule has 62 valence electrons. The highest BCUT2D eigenvalue weighted by Gasteiger charge is 2.25. The summed E-state index contributed by atoms with van der Waals surface area (Å²) >= 11 is 5.43. The summed E-state index contributed by atoms with van der Waals surface area (Å²) in [5.74, 6) is 0.449. The fourth-order valence-electron chi connectivity index (χ4n) is 0.541. The van der Waals surface area contributed by atoms with Crippen molar-refractivity contribution < 1.29 is 9.26 Å². The molecule has 0 N–H and O–H groups in total. The highest BCUT2D eigenvalue weighted by atomic mass is 35.5. The van der Waals surface area contributed by atoms with Gasteiger partial charge in [0.1, 0.15) is 5.60 Å². The van der Waals surface area contributed by atoms with E-state index in [1.165, 1.54) is 0 Å². The second-order valence-electron chi connectivity index (χ2n) is 2.59. The molecule has 4 nitrogen and oxygen atoms in total. The summed E-state index contributed by atoms with van der Waals surface area (Å²) in [6, 6.07) is 0. The Balaban J connectivity index is 2.92. The fourth-order valence-corrected chi connectivity index (χ4v) is 0.655. The van der Waals surface area contributed by atoms with Crippen LogP contribution in [0.3, 0.4) is 0 Å². The maximum Gasteiger partial charge on any atom is 0.320 e. The van der Waals surface area contributed by atoms with E-state index in [9.17, 15) is 0 Å². The Bertz CT molecular complexity index is 246. The van der Waals surface area contributed by atoms with Gasteiger partial charge in [0.05, 0.1) is 0 Å². The number of nitrogens with zero attached hydrogens (tertiary/aromatic N) is 2. The van der Waals surface area contributed by atoms with Gasteiger partial charge >= 0.3 is 5.35 Å². The van der Waals surface area contributed by atoms with Crippen LogP contribution in [0, 0.1) is 0 Å². The summed E-state index contributed by atoms with van der Waals surface area (Å²) in [7, 11) is 1.57. The lowest BCUT2D eigenvalue weighted by atomic mass is 10.1. The molecule has 0 radical (unpaired) electrons. The minimum atomic E-state index is -0.545. The van der Waals surface area contributed by atoms with Gasteiger partial charge in [0.25, 0.3) is 0 Å². The topological polar surface area (TPSA) is 48.2 Å². The maximum absolute atomic E-state index is 5.43. The number of halogens is 1. The van der Waals surface area contributed by atoms with E-state index < -0.39 is 5.60 Å². The average Bonchev–Trinajstić information content (AvgIpc) is 2.36. The smallest absolute Gasteiger partial charge is 0.320 e. The van der Waals surface area contributed by atoms with Crippen molar-refractivity contribution in [2.75, 3.05) is 7.11 Å². The first-order valence-corrected chi connectivity index (χ1v) is 3.49. The predicted octanol–water partition coefficient (Wildman–Crippen LogP) is 1.60. The normalized spacial score (nSPS) is 12.0. The second-order valence-corrected chi connectivity index (χ2v) is 2.91. The van der Waals surface area contributed by atoms with Crippen molar-refractivity contribution in [3.63, 3.8) is 0 Å². The molecule has 1 rings (SSSR count). The van der Waals surface area contributed by atoms with Crippen LogP contribution >= 0.6 is 11.6 Å². The standard InChI is InChI=1S/C6H9ClN2O2/c1-6(2,10-3)4-8-5(7)11-9-4/h1-3H3. The fraction of sp³-hybridized carbons (Fsp3) is 0.667. The van der Waals surface area contributed by atoms with E-state index in [0.717, 1.165) is 0 Å². The maximum atomic E-state index is 5.43. The average molecular weight is 177 g/mol. The zero-order valence-corrected chi connectivity index (χ0v) is 7.34. The van der Waals surface area contributed by atoms with Crippen LogP contribution in [-0.2, 0) is 10.3 Å². The van der Waals surface area contributed by atoms with E-state index in [1.54, 1.807) is 7.11 Å². The van der Waals surface area contributed by atoms with E-state index in [1.807, 2.05) is 13.8 Å². The first-order valence-electron chi connectivity index (χ1n) is 3.11. The number of rotatable bonds is 2. The third-order valence-electron chi connectivity index (χ3n) is 1.45. The van der Waals surface area contributed by atoms with E-state index >= 15 is 0 Å². The Morgan fingerprint density at radius 2 is 2.18 bits per heavy atom. The van der Waals surface area contributed by atoms with Crippen LogP contribution < -0.4 is 0 Å². The molecule has 0 aromatic carbocycles. The van der Waals surface area contributed by atoms with Crippen molar-refractivity contribution in [1.82, 2.24) is 10.1 Å². The van der Waals surface area contributed by atoms with Crippen LogP contribution in [0.1, 0.15) is 19.7 Å². The third kappa shape index (κ3) is 1.70. The molecule has 0 atom stereocenters. The first-order chi connectivity index (χ1) is 5.06. The zero-order valence-electron chi connectivity index (χ0n) is 6.59. The van der Waals surface area contributed by atoms with Gasteiger partial charge in [-0.3, -0.25) is 0 Å². The molecule has 5 heteroatoms. The van der Waals surface area contributed by atoms with Crippen LogP contribution in [0.5, 0.6) is 0 Å². The molecule has 1 aromatic rings. The van der Waals surface area contributed by atoms with Gasteiger partial charge in [0.2, 0.25) is 5.82 Å². The van der Waals surface area contributed by atoms with Crippen molar-refractivity contribution in [3.05, 3.63) is 11.2 Å². The molecule has 0 saturated heterocycles. The minimum absolute atomic E-state index is 0.0325. The lowest BCUT2D eigenvalue weighted by molar-refractivity contribution is 0.00973. The Morgan fingerprint density at radius 3 is 2.55 bits per heavy atom. The van der Waals surface area contributed by atoms with Crippen LogP contribution in [0.15, 0.2) is 4.52 Å². The van der Waals surface area contributed by atoms with Gasteiger partial charge in [-0.1, -0.05) is 5.16 Å². The van der Waals surface area contributed by atoms with Crippen LogP contribution in [0.2, 0.25) is 5.35 Å². The molecule has 0 bridgehead atoms. The summed E-state index contributed by atoms with van der Waals surface area (Å²) in [5.41, 5.74) is -0.545. The van der Waals surface area contributed by atoms with Crippen molar-refractivity contribution in [2.24, 2.45) is 0 Å². The Morgan fingerprint density at radius 1 is 1.55 bits per heavy atom. The molecule has 0 saturated carbocycles. The predicted molar refractivity (Wildman–Crippen MR) is 39.3 cm³/mol. The van der Waals surface area contributed by atoms with Crippen LogP contribution in [0.4, 0.5) is 0 Å². The van der Waals surface area contributed by atoms with E-state index in [4.69, 9.17) is 16.3 Å². The van der Waals surface area contributed by atoms with Gasteiger partial charge in [0, 0.05) is 7.11 Å². The van der Waals surface area contributed by atoms with E-state index in [-0.39, 0.29) is 5.35 Å². The summed E-state index contributed by atoms with van der Waals surface area (Å²) in [5, 5.41) is 3.65. The molecule has 1 aromatic heterocycles. The molecular formula is C6H9ClN2O2. The summed E-state index contributed by atoms with van der Waals surface area (Å²) in [4.78, 5) is 3.82. The van der Waals surface area contributed by atoms with E-state index in [2.05, 4.69) is 14.7 Å². The highest BCUT2D eigenvalue weighted by Crippen LogP contribution is 2.21. The summed E-state index contributed by atoms with van der Waals surface area (Å²) in [6.07, 6.45) is 0. The molecule has 11 heavy (non-hydrogen) atoms. The van der Waals surface area contributed by atoms with Gasteiger partial charge in [-0.15, -0.1) is 0 Å². The van der Waals surface area contributed by atoms with Crippen molar-refractivity contribution in [1.29, 1.82) is 0 Å². The van der Waals surface area contributed by atoms with Gasteiger partial charge in [-0.25, -0.2) is 0 Å². The quantitative estimate of drug-likeness (QED) is 0.687. The van der Waals surface area contributed by atoms with Gasteiger partial charge in [-0.05, 0) is 25.4 Å².